The zero-order chi connectivity index (χ0) is 18.3. The summed E-state index contributed by atoms with van der Waals surface area (Å²) in [5, 5.41) is 19.9. The molecule has 0 fully saturated rings. The Kier molecular flexibility index (Phi) is 5.04. The quantitative estimate of drug-likeness (QED) is 0.513. The van der Waals surface area contributed by atoms with Gasteiger partial charge in [0.05, 0.1) is 12.2 Å². The van der Waals surface area contributed by atoms with Crippen molar-refractivity contribution in [3.8, 4) is 5.75 Å². The van der Waals surface area contributed by atoms with Gasteiger partial charge in [0.1, 0.15) is 17.1 Å². The first-order chi connectivity index (χ1) is 11.9. The van der Waals surface area contributed by atoms with Gasteiger partial charge in [-0.25, -0.2) is 0 Å². The van der Waals surface area contributed by atoms with Gasteiger partial charge in [-0.2, -0.15) is 0 Å². The molecule has 0 radical (unpaired) electrons. The molecule has 6 heteroatoms. The lowest BCUT2D eigenvalue weighted by molar-refractivity contribution is 0.103. The molecule has 25 heavy (non-hydrogen) atoms. The minimum absolute atomic E-state index is 0.0567. The van der Waals surface area contributed by atoms with Crippen molar-refractivity contribution in [2.24, 2.45) is 0 Å². The van der Waals surface area contributed by atoms with Crippen LogP contribution in [-0.4, -0.2) is 16.0 Å². The second-order valence-corrected chi connectivity index (χ2v) is 7.49. The summed E-state index contributed by atoms with van der Waals surface area (Å²) in [6, 6.07) is 6.61. The maximum Gasteiger partial charge on any atom is 0.197 e. The SMILES string of the molecule is CCc1oc2cc(CO)c(O)cc2c1C(=O)c1cc(Br)c(C)c(Br)c1. The van der Waals surface area contributed by atoms with Crippen molar-refractivity contribution < 1.29 is 19.4 Å². The van der Waals surface area contributed by atoms with Crippen molar-refractivity contribution in [2.45, 2.75) is 26.9 Å². The Balaban J connectivity index is 2.23. The zero-order valence-corrected chi connectivity index (χ0v) is 16.9. The van der Waals surface area contributed by atoms with Gasteiger partial charge in [-0.15, -0.1) is 0 Å². The fourth-order valence-corrected chi connectivity index (χ4v) is 3.96. The van der Waals surface area contributed by atoms with E-state index in [9.17, 15) is 15.0 Å². The van der Waals surface area contributed by atoms with E-state index in [2.05, 4.69) is 31.9 Å². The maximum absolute atomic E-state index is 13.1. The van der Waals surface area contributed by atoms with E-state index < -0.39 is 0 Å². The van der Waals surface area contributed by atoms with Crippen LogP contribution in [0, 0.1) is 6.92 Å². The maximum atomic E-state index is 13.1. The van der Waals surface area contributed by atoms with Crippen LogP contribution in [0.4, 0.5) is 0 Å². The Labute approximate surface area is 161 Å². The molecule has 0 atom stereocenters. The summed E-state index contributed by atoms with van der Waals surface area (Å²) in [6.45, 7) is 3.55. The first-order valence-electron chi connectivity index (χ1n) is 7.75. The number of aryl methyl sites for hydroxylation is 1. The van der Waals surface area contributed by atoms with E-state index in [1.54, 1.807) is 18.2 Å². The smallest absolute Gasteiger partial charge is 0.197 e. The standard InChI is InChI=1S/C19H16Br2O4/c1-3-16-18(12-7-15(23)11(8-22)6-17(12)25-16)19(24)10-4-13(20)9(2)14(21)5-10/h4-7,22-23H,3,8H2,1-2H3. The summed E-state index contributed by atoms with van der Waals surface area (Å²) in [6.07, 6.45) is 0.541. The molecule has 0 aliphatic carbocycles. The second kappa shape index (κ2) is 6.94. The lowest BCUT2D eigenvalue weighted by Crippen LogP contribution is -2.04. The summed E-state index contributed by atoms with van der Waals surface area (Å²) in [4.78, 5) is 13.1. The van der Waals surface area contributed by atoms with Crippen LogP contribution in [0.1, 0.15) is 39.7 Å². The third kappa shape index (κ3) is 3.14. The number of rotatable bonds is 4. The van der Waals surface area contributed by atoms with Gasteiger partial charge in [0.15, 0.2) is 5.78 Å². The molecule has 1 aromatic heterocycles. The van der Waals surface area contributed by atoms with Crippen LogP contribution >= 0.6 is 31.9 Å². The van der Waals surface area contributed by atoms with Crippen LogP contribution in [0.25, 0.3) is 11.0 Å². The van der Waals surface area contributed by atoms with Gasteiger partial charge in [0.2, 0.25) is 0 Å². The highest BCUT2D eigenvalue weighted by atomic mass is 79.9. The molecule has 2 N–H and O–H groups in total. The summed E-state index contributed by atoms with van der Waals surface area (Å²) in [5.41, 5.74) is 2.82. The fourth-order valence-electron chi connectivity index (χ4n) is 2.77. The number of benzene rings is 2. The van der Waals surface area contributed by atoms with Crippen LogP contribution in [0.3, 0.4) is 0 Å². The molecule has 0 amide bonds. The third-order valence-corrected chi connectivity index (χ3v) is 5.87. The van der Waals surface area contributed by atoms with E-state index in [1.165, 1.54) is 6.07 Å². The normalized spacial score (nSPS) is 11.2. The van der Waals surface area contributed by atoms with Gasteiger partial charge in [0.25, 0.3) is 0 Å². The topological polar surface area (TPSA) is 70.7 Å². The summed E-state index contributed by atoms with van der Waals surface area (Å²) >= 11 is 6.94. The molecule has 0 aliphatic heterocycles. The Morgan fingerprint density at radius 3 is 2.36 bits per heavy atom. The van der Waals surface area contributed by atoms with Crippen molar-refractivity contribution in [1.82, 2.24) is 0 Å². The van der Waals surface area contributed by atoms with Gasteiger partial charge in [0, 0.05) is 31.9 Å². The van der Waals surface area contributed by atoms with E-state index in [0.717, 1.165) is 14.5 Å². The van der Waals surface area contributed by atoms with E-state index in [4.69, 9.17) is 4.42 Å². The number of hydrogen-bond acceptors (Lipinski definition) is 4. The predicted octanol–water partition coefficient (Wildman–Crippen LogP) is 5.26. The highest BCUT2D eigenvalue weighted by Gasteiger charge is 2.23. The molecule has 1 heterocycles. The van der Waals surface area contributed by atoms with Gasteiger partial charge >= 0.3 is 0 Å². The highest BCUT2D eigenvalue weighted by Crippen LogP contribution is 2.35. The number of carbonyl (C=O) groups excluding carboxylic acids is 1. The Bertz CT molecular complexity index is 966. The average molecular weight is 468 g/mol. The Hall–Kier alpha value is -1.63. The van der Waals surface area contributed by atoms with Crippen molar-refractivity contribution >= 4 is 48.6 Å². The molecule has 2 aromatic carbocycles. The number of aliphatic hydroxyl groups is 1. The molecule has 0 saturated carbocycles. The molecule has 0 spiro atoms. The van der Waals surface area contributed by atoms with E-state index >= 15 is 0 Å². The van der Waals surface area contributed by atoms with Crippen molar-refractivity contribution in [3.63, 3.8) is 0 Å². The monoisotopic (exact) mass is 466 g/mol. The zero-order valence-electron chi connectivity index (χ0n) is 13.7. The number of phenols is 1. The second-order valence-electron chi connectivity index (χ2n) is 5.78. The predicted molar refractivity (Wildman–Crippen MR) is 103 cm³/mol. The summed E-state index contributed by atoms with van der Waals surface area (Å²) < 4.78 is 7.48. The summed E-state index contributed by atoms with van der Waals surface area (Å²) in [7, 11) is 0. The number of hydrogen-bond donors (Lipinski definition) is 2. The number of halogens is 2. The van der Waals surface area contributed by atoms with E-state index in [1.807, 2.05) is 13.8 Å². The molecule has 0 unspecified atom stereocenters. The first-order valence-corrected chi connectivity index (χ1v) is 9.34. The minimum Gasteiger partial charge on any atom is -0.508 e. The van der Waals surface area contributed by atoms with Crippen LogP contribution < -0.4 is 0 Å². The average Bonchev–Trinajstić information content (AvgIpc) is 2.94. The van der Waals surface area contributed by atoms with E-state index in [-0.39, 0.29) is 18.1 Å². The molecule has 3 rings (SSSR count). The van der Waals surface area contributed by atoms with E-state index in [0.29, 0.717) is 39.8 Å². The van der Waals surface area contributed by atoms with Gasteiger partial charge < -0.3 is 14.6 Å². The largest absolute Gasteiger partial charge is 0.508 e. The van der Waals surface area contributed by atoms with Gasteiger partial charge in [-0.3, -0.25) is 4.79 Å². The molecule has 0 saturated heterocycles. The number of carbonyl (C=O) groups is 1. The number of aromatic hydroxyl groups is 1. The number of fused-ring (bicyclic) bond motifs is 1. The lowest BCUT2D eigenvalue weighted by Gasteiger charge is -2.07. The molecular formula is C19H16Br2O4. The Morgan fingerprint density at radius 1 is 1.16 bits per heavy atom. The van der Waals surface area contributed by atoms with Crippen LogP contribution in [-0.2, 0) is 13.0 Å². The molecule has 0 aliphatic rings. The number of ketones is 1. The molecule has 0 bridgehead atoms. The number of furan rings is 1. The van der Waals surface area contributed by atoms with Crippen LogP contribution in [0.2, 0.25) is 0 Å². The summed E-state index contributed by atoms with van der Waals surface area (Å²) in [5.74, 6) is 0.328. The molecule has 4 nitrogen and oxygen atoms in total. The fraction of sp³-hybridized carbons (Fsp3) is 0.211. The third-order valence-electron chi connectivity index (χ3n) is 4.22. The minimum atomic E-state index is -0.301. The van der Waals surface area contributed by atoms with Crippen molar-refractivity contribution in [1.29, 1.82) is 0 Å². The first kappa shape index (κ1) is 18.2. The van der Waals surface area contributed by atoms with Crippen molar-refractivity contribution in [3.05, 3.63) is 61.2 Å². The highest BCUT2D eigenvalue weighted by molar-refractivity contribution is 9.11. The van der Waals surface area contributed by atoms with Crippen LogP contribution in [0.15, 0.2) is 37.6 Å². The Morgan fingerprint density at radius 2 is 1.80 bits per heavy atom. The molecule has 3 aromatic rings. The van der Waals surface area contributed by atoms with Crippen molar-refractivity contribution in [2.75, 3.05) is 0 Å². The molecular weight excluding hydrogens is 452 g/mol. The van der Waals surface area contributed by atoms with Crippen LogP contribution in [0.5, 0.6) is 5.75 Å². The lowest BCUT2D eigenvalue weighted by atomic mass is 9.98. The van der Waals surface area contributed by atoms with Gasteiger partial charge in [-0.1, -0.05) is 38.8 Å². The van der Waals surface area contributed by atoms with Gasteiger partial charge in [-0.05, 0) is 36.8 Å². The molecule has 130 valence electrons. The number of aliphatic hydroxyl groups excluding tert-OH is 1.